The first-order valence-electron chi connectivity index (χ1n) is 5.57. The molecule has 1 unspecified atom stereocenters. The first-order valence-corrected chi connectivity index (χ1v) is 5.57. The monoisotopic (exact) mass is 244 g/mol. The van der Waals surface area contributed by atoms with Gasteiger partial charge in [-0.05, 0) is 19.3 Å². The predicted octanol–water partition coefficient (Wildman–Crippen LogP) is 2.57. The maximum absolute atomic E-state index is 13.2. The van der Waals surface area contributed by atoms with Crippen molar-refractivity contribution in [1.82, 2.24) is 4.98 Å². The Hall–Kier alpha value is -1.23. The van der Waals surface area contributed by atoms with E-state index in [1.165, 1.54) is 0 Å². The van der Waals surface area contributed by atoms with Gasteiger partial charge < -0.3 is 10.4 Å². The summed E-state index contributed by atoms with van der Waals surface area (Å²) >= 11 is 0. The number of pyridine rings is 1. The Balaban J connectivity index is 2.61. The van der Waals surface area contributed by atoms with Crippen LogP contribution >= 0.6 is 0 Å². The van der Waals surface area contributed by atoms with Crippen LogP contribution in [0.5, 0.6) is 0 Å². The van der Waals surface area contributed by atoms with Crippen LogP contribution in [-0.4, -0.2) is 22.2 Å². The van der Waals surface area contributed by atoms with Crippen molar-refractivity contribution in [3.05, 3.63) is 23.9 Å². The van der Waals surface area contributed by atoms with Crippen LogP contribution < -0.4 is 5.32 Å². The molecule has 0 aliphatic heterocycles. The van der Waals surface area contributed by atoms with Crippen molar-refractivity contribution in [2.24, 2.45) is 5.92 Å². The van der Waals surface area contributed by atoms with Crippen LogP contribution in [-0.2, 0) is 0 Å². The van der Waals surface area contributed by atoms with Crippen molar-refractivity contribution in [3.8, 4) is 0 Å². The lowest BCUT2D eigenvalue weighted by Gasteiger charge is -2.25. The minimum Gasteiger partial charge on any atom is -0.388 e. The number of anilines is 1. The fourth-order valence-electron chi connectivity index (χ4n) is 1.77. The minimum atomic E-state index is -0.948. The van der Waals surface area contributed by atoms with Crippen LogP contribution in [0, 0.1) is 17.6 Å². The third-order valence-corrected chi connectivity index (χ3v) is 2.29. The molecule has 0 aliphatic rings. The number of rotatable bonds is 5. The second-order valence-corrected chi connectivity index (χ2v) is 4.93. The second-order valence-electron chi connectivity index (χ2n) is 4.93. The van der Waals surface area contributed by atoms with E-state index >= 15 is 0 Å². The van der Waals surface area contributed by atoms with Crippen LogP contribution in [0.15, 0.2) is 12.3 Å². The predicted molar refractivity (Wildman–Crippen MR) is 62.7 cm³/mol. The van der Waals surface area contributed by atoms with E-state index in [1.807, 2.05) is 13.8 Å². The lowest BCUT2D eigenvalue weighted by Crippen LogP contribution is -2.35. The molecule has 0 saturated heterocycles. The Kier molecular flexibility index (Phi) is 4.40. The summed E-state index contributed by atoms with van der Waals surface area (Å²) in [7, 11) is 0. The summed E-state index contributed by atoms with van der Waals surface area (Å²) in [6, 6.07) is 0.756. The van der Waals surface area contributed by atoms with Crippen molar-refractivity contribution in [3.63, 3.8) is 0 Å². The topological polar surface area (TPSA) is 45.1 Å². The fourth-order valence-corrected chi connectivity index (χ4v) is 1.77. The molecule has 0 spiro atoms. The van der Waals surface area contributed by atoms with Gasteiger partial charge in [0, 0.05) is 12.6 Å². The maximum atomic E-state index is 13.2. The Bertz CT molecular complexity index is 381. The molecule has 96 valence electrons. The molecule has 1 atom stereocenters. The molecule has 0 aromatic carbocycles. The van der Waals surface area contributed by atoms with Gasteiger partial charge in [0.1, 0.15) is 5.82 Å². The number of hydrogen-bond donors (Lipinski definition) is 2. The van der Waals surface area contributed by atoms with E-state index in [0.717, 1.165) is 12.3 Å². The molecule has 0 amide bonds. The first kappa shape index (κ1) is 13.8. The van der Waals surface area contributed by atoms with Gasteiger partial charge in [-0.3, -0.25) is 0 Å². The number of halogens is 2. The Labute approximate surface area is 99.9 Å². The highest BCUT2D eigenvalue weighted by Gasteiger charge is 2.22. The van der Waals surface area contributed by atoms with Gasteiger partial charge in [0.15, 0.2) is 11.6 Å². The Morgan fingerprint density at radius 3 is 2.65 bits per heavy atom. The fraction of sp³-hybridized carbons (Fsp3) is 0.583. The van der Waals surface area contributed by atoms with Crippen molar-refractivity contribution < 1.29 is 13.9 Å². The standard InChI is InChI=1S/C12H18F2N2O/c1-8(2)5-12(3,17)7-16-11-10(14)4-9(13)6-15-11/h4,6,8,17H,5,7H2,1-3H3,(H,15,16). The highest BCUT2D eigenvalue weighted by Crippen LogP contribution is 2.18. The molecule has 2 N–H and O–H groups in total. The average Bonchev–Trinajstić information content (AvgIpc) is 2.14. The molecule has 17 heavy (non-hydrogen) atoms. The van der Waals surface area contributed by atoms with E-state index in [9.17, 15) is 13.9 Å². The van der Waals surface area contributed by atoms with Gasteiger partial charge >= 0.3 is 0 Å². The van der Waals surface area contributed by atoms with Gasteiger partial charge in [-0.2, -0.15) is 0 Å². The third-order valence-electron chi connectivity index (χ3n) is 2.29. The summed E-state index contributed by atoms with van der Waals surface area (Å²) in [4.78, 5) is 3.59. The van der Waals surface area contributed by atoms with E-state index in [1.54, 1.807) is 6.92 Å². The number of nitrogens with zero attached hydrogens (tertiary/aromatic N) is 1. The van der Waals surface area contributed by atoms with Gasteiger partial charge in [-0.15, -0.1) is 0 Å². The van der Waals surface area contributed by atoms with E-state index in [2.05, 4.69) is 10.3 Å². The number of aliphatic hydroxyl groups is 1. The van der Waals surface area contributed by atoms with Crippen molar-refractivity contribution in [2.75, 3.05) is 11.9 Å². The Morgan fingerprint density at radius 1 is 1.47 bits per heavy atom. The molecule has 0 bridgehead atoms. The zero-order valence-electron chi connectivity index (χ0n) is 10.3. The lowest BCUT2D eigenvalue weighted by molar-refractivity contribution is 0.0514. The molecule has 1 heterocycles. The molecule has 1 aromatic rings. The second kappa shape index (κ2) is 5.40. The van der Waals surface area contributed by atoms with Gasteiger partial charge in [0.05, 0.1) is 11.8 Å². The normalized spacial score (nSPS) is 14.8. The lowest BCUT2D eigenvalue weighted by atomic mass is 9.94. The van der Waals surface area contributed by atoms with Gasteiger partial charge in [0.25, 0.3) is 0 Å². The van der Waals surface area contributed by atoms with Crippen LogP contribution in [0.2, 0.25) is 0 Å². The molecule has 3 nitrogen and oxygen atoms in total. The minimum absolute atomic E-state index is 0.0459. The van der Waals surface area contributed by atoms with E-state index in [0.29, 0.717) is 12.3 Å². The van der Waals surface area contributed by atoms with Crippen molar-refractivity contribution >= 4 is 5.82 Å². The van der Waals surface area contributed by atoms with Crippen LogP contribution in [0.4, 0.5) is 14.6 Å². The highest BCUT2D eigenvalue weighted by atomic mass is 19.1. The highest BCUT2D eigenvalue weighted by molar-refractivity contribution is 5.36. The summed E-state index contributed by atoms with van der Waals surface area (Å²) < 4.78 is 25.9. The van der Waals surface area contributed by atoms with Gasteiger partial charge in [0.2, 0.25) is 0 Å². The molecule has 5 heteroatoms. The van der Waals surface area contributed by atoms with E-state index < -0.39 is 17.2 Å². The molecule has 0 aliphatic carbocycles. The van der Waals surface area contributed by atoms with E-state index in [4.69, 9.17) is 0 Å². The molecule has 0 fully saturated rings. The number of nitrogens with one attached hydrogen (secondary N) is 1. The molecule has 0 radical (unpaired) electrons. The zero-order valence-corrected chi connectivity index (χ0v) is 10.3. The number of hydrogen-bond acceptors (Lipinski definition) is 3. The molecule has 1 aromatic heterocycles. The molecular formula is C12H18F2N2O. The van der Waals surface area contributed by atoms with Crippen LogP contribution in [0.1, 0.15) is 27.2 Å². The third kappa shape index (κ3) is 4.65. The smallest absolute Gasteiger partial charge is 0.168 e. The zero-order chi connectivity index (χ0) is 13.1. The Morgan fingerprint density at radius 2 is 2.12 bits per heavy atom. The summed E-state index contributed by atoms with van der Waals surface area (Å²) in [6.07, 6.45) is 1.52. The van der Waals surface area contributed by atoms with Crippen molar-refractivity contribution in [1.29, 1.82) is 0 Å². The van der Waals surface area contributed by atoms with Crippen LogP contribution in [0.25, 0.3) is 0 Å². The average molecular weight is 244 g/mol. The maximum Gasteiger partial charge on any atom is 0.168 e. The SMILES string of the molecule is CC(C)CC(C)(O)CNc1ncc(F)cc1F. The van der Waals surface area contributed by atoms with Gasteiger partial charge in [-0.1, -0.05) is 13.8 Å². The first-order chi connectivity index (χ1) is 7.80. The van der Waals surface area contributed by atoms with Crippen LogP contribution in [0.3, 0.4) is 0 Å². The summed E-state index contributed by atoms with van der Waals surface area (Å²) in [5.74, 6) is -1.19. The van der Waals surface area contributed by atoms with E-state index in [-0.39, 0.29) is 12.4 Å². The molecule has 1 rings (SSSR count). The van der Waals surface area contributed by atoms with Crippen molar-refractivity contribution in [2.45, 2.75) is 32.8 Å². The largest absolute Gasteiger partial charge is 0.388 e. The van der Waals surface area contributed by atoms with Gasteiger partial charge in [-0.25, -0.2) is 13.8 Å². The summed E-state index contributed by atoms with van der Waals surface area (Å²) in [5.41, 5.74) is -0.948. The summed E-state index contributed by atoms with van der Waals surface area (Å²) in [5, 5.41) is 12.7. The summed E-state index contributed by atoms with van der Waals surface area (Å²) in [6.45, 7) is 5.82. The number of aromatic nitrogens is 1. The quantitative estimate of drug-likeness (QED) is 0.836. The molecule has 0 saturated carbocycles. The molecular weight excluding hydrogens is 226 g/mol.